The molecule has 5 heteroatoms. The minimum absolute atomic E-state index is 0.482. The first-order valence-electron chi connectivity index (χ1n) is 5.16. The summed E-state index contributed by atoms with van der Waals surface area (Å²) in [4.78, 5) is 15.4. The normalized spacial score (nSPS) is 10.0. The molecule has 0 spiro atoms. The minimum atomic E-state index is -0.482. The van der Waals surface area contributed by atoms with Crippen molar-refractivity contribution in [2.75, 3.05) is 24.8 Å². The molecule has 1 heterocycles. The Hall–Kier alpha value is -2.30. The number of nitrogens with zero attached hydrogens (tertiary/aromatic N) is 1. The first-order valence-corrected chi connectivity index (χ1v) is 5.16. The van der Waals surface area contributed by atoms with Crippen molar-refractivity contribution < 1.29 is 9.53 Å². The van der Waals surface area contributed by atoms with Crippen LogP contribution >= 0.6 is 0 Å². The van der Waals surface area contributed by atoms with E-state index in [9.17, 15) is 4.79 Å². The first-order chi connectivity index (χ1) is 8.22. The van der Waals surface area contributed by atoms with E-state index in [2.05, 4.69) is 20.4 Å². The van der Waals surface area contributed by atoms with E-state index in [1.807, 2.05) is 31.3 Å². The highest BCUT2D eigenvalue weighted by Gasteiger charge is 2.02. The molecule has 0 unspecified atom stereocenters. The van der Waals surface area contributed by atoms with Crippen molar-refractivity contribution >= 4 is 28.5 Å². The molecule has 17 heavy (non-hydrogen) atoms. The van der Waals surface area contributed by atoms with Gasteiger partial charge in [-0.3, -0.25) is 5.32 Å². The Kier molecular flexibility index (Phi) is 3.09. The monoisotopic (exact) mass is 231 g/mol. The number of carbonyl (C=O) groups is 1. The van der Waals surface area contributed by atoms with Gasteiger partial charge in [-0.1, -0.05) is 0 Å². The predicted molar refractivity (Wildman–Crippen MR) is 67.3 cm³/mol. The number of methoxy groups -OCH3 is 1. The molecule has 0 radical (unpaired) electrons. The fourth-order valence-corrected chi connectivity index (χ4v) is 1.51. The van der Waals surface area contributed by atoms with Gasteiger partial charge < -0.3 is 10.1 Å². The zero-order chi connectivity index (χ0) is 12.3. The summed E-state index contributed by atoms with van der Waals surface area (Å²) < 4.78 is 4.53. The van der Waals surface area contributed by atoms with Crippen molar-refractivity contribution in [1.29, 1.82) is 0 Å². The molecule has 1 aromatic carbocycles. The summed E-state index contributed by atoms with van der Waals surface area (Å²) in [6.45, 7) is 0. The number of pyridine rings is 1. The van der Waals surface area contributed by atoms with E-state index in [0.717, 1.165) is 16.7 Å². The molecule has 0 aliphatic heterocycles. The smallest absolute Gasteiger partial charge is 0.411 e. The lowest BCUT2D eigenvalue weighted by Gasteiger charge is -2.06. The molecule has 2 N–H and O–H groups in total. The van der Waals surface area contributed by atoms with E-state index >= 15 is 0 Å². The lowest BCUT2D eigenvalue weighted by molar-refractivity contribution is 0.187. The number of rotatable bonds is 2. The van der Waals surface area contributed by atoms with Crippen molar-refractivity contribution in [3.63, 3.8) is 0 Å². The van der Waals surface area contributed by atoms with Crippen LogP contribution in [0.4, 0.5) is 16.3 Å². The maximum Gasteiger partial charge on any atom is 0.411 e. The van der Waals surface area contributed by atoms with Crippen LogP contribution in [-0.4, -0.2) is 25.2 Å². The fourth-order valence-electron chi connectivity index (χ4n) is 1.51. The summed E-state index contributed by atoms with van der Waals surface area (Å²) in [5, 5.41) is 6.54. The zero-order valence-electron chi connectivity index (χ0n) is 9.65. The van der Waals surface area contributed by atoms with Gasteiger partial charge in [0.25, 0.3) is 0 Å². The van der Waals surface area contributed by atoms with Crippen LogP contribution in [0.15, 0.2) is 30.3 Å². The summed E-state index contributed by atoms with van der Waals surface area (Å²) in [5.74, 6) is 0.811. The molecule has 1 amide bonds. The average Bonchev–Trinajstić information content (AvgIpc) is 2.38. The zero-order valence-corrected chi connectivity index (χ0v) is 9.65. The van der Waals surface area contributed by atoms with Gasteiger partial charge in [-0.2, -0.15) is 0 Å². The predicted octanol–water partition coefficient (Wildman–Crippen LogP) is 2.45. The molecule has 0 atom stereocenters. The molecule has 5 nitrogen and oxygen atoms in total. The van der Waals surface area contributed by atoms with E-state index in [0.29, 0.717) is 5.69 Å². The number of hydrogen-bond donors (Lipinski definition) is 2. The van der Waals surface area contributed by atoms with E-state index in [1.54, 1.807) is 6.07 Å². The van der Waals surface area contributed by atoms with Crippen molar-refractivity contribution in [3.8, 4) is 0 Å². The molecule has 0 saturated carbocycles. The summed E-state index contributed by atoms with van der Waals surface area (Å²) in [7, 11) is 3.15. The van der Waals surface area contributed by atoms with Crippen molar-refractivity contribution in [3.05, 3.63) is 30.3 Å². The van der Waals surface area contributed by atoms with E-state index in [1.165, 1.54) is 7.11 Å². The van der Waals surface area contributed by atoms with Gasteiger partial charge >= 0.3 is 6.09 Å². The van der Waals surface area contributed by atoms with Crippen LogP contribution in [0.1, 0.15) is 0 Å². The van der Waals surface area contributed by atoms with Gasteiger partial charge in [-0.25, -0.2) is 9.78 Å². The quantitative estimate of drug-likeness (QED) is 0.833. The first kappa shape index (κ1) is 11.2. The Balaban J connectivity index is 2.34. The Morgan fingerprint density at radius 1 is 1.29 bits per heavy atom. The highest BCUT2D eigenvalue weighted by molar-refractivity contribution is 5.90. The van der Waals surface area contributed by atoms with Gasteiger partial charge in [0.2, 0.25) is 0 Å². The number of benzene rings is 1. The van der Waals surface area contributed by atoms with Gasteiger partial charge in [-0.05, 0) is 30.3 Å². The standard InChI is InChI=1S/C12H13N3O2/c1-13-11-6-3-8-7-9(14-12(16)17-2)4-5-10(8)15-11/h3-7H,1-2H3,(H,13,15)(H,14,16). The Morgan fingerprint density at radius 2 is 2.12 bits per heavy atom. The van der Waals surface area contributed by atoms with Gasteiger partial charge in [0, 0.05) is 18.1 Å². The summed E-state index contributed by atoms with van der Waals surface area (Å²) in [6, 6.07) is 9.30. The molecule has 88 valence electrons. The molecule has 1 aromatic heterocycles. The molecule has 2 rings (SSSR count). The Bertz CT molecular complexity index is 554. The van der Waals surface area contributed by atoms with E-state index < -0.39 is 6.09 Å². The van der Waals surface area contributed by atoms with Gasteiger partial charge in [0.05, 0.1) is 12.6 Å². The third-order valence-electron chi connectivity index (χ3n) is 2.38. The van der Waals surface area contributed by atoms with Crippen LogP contribution in [0.3, 0.4) is 0 Å². The van der Waals surface area contributed by atoms with Crippen LogP contribution in [0.2, 0.25) is 0 Å². The lowest BCUT2D eigenvalue weighted by Crippen LogP contribution is -2.10. The molecule has 0 saturated heterocycles. The van der Waals surface area contributed by atoms with Crippen LogP contribution in [-0.2, 0) is 4.74 Å². The third kappa shape index (κ3) is 2.44. The number of nitrogens with one attached hydrogen (secondary N) is 2. The van der Waals surface area contributed by atoms with Crippen LogP contribution in [0.5, 0.6) is 0 Å². The number of anilines is 2. The van der Waals surface area contributed by atoms with Crippen molar-refractivity contribution in [1.82, 2.24) is 4.98 Å². The van der Waals surface area contributed by atoms with Crippen molar-refractivity contribution in [2.45, 2.75) is 0 Å². The molecule has 2 aromatic rings. The van der Waals surface area contributed by atoms with E-state index in [4.69, 9.17) is 0 Å². The second-order valence-corrected chi connectivity index (χ2v) is 3.47. The summed E-state index contributed by atoms with van der Waals surface area (Å²) in [6.07, 6.45) is -0.482. The van der Waals surface area contributed by atoms with Gasteiger partial charge in [0.1, 0.15) is 5.82 Å². The lowest BCUT2D eigenvalue weighted by atomic mass is 10.2. The largest absolute Gasteiger partial charge is 0.453 e. The third-order valence-corrected chi connectivity index (χ3v) is 2.38. The number of fused-ring (bicyclic) bond motifs is 1. The summed E-state index contributed by atoms with van der Waals surface area (Å²) >= 11 is 0. The number of aromatic nitrogens is 1. The molecular formula is C12H13N3O2. The maximum absolute atomic E-state index is 11.1. The van der Waals surface area contributed by atoms with Crippen LogP contribution < -0.4 is 10.6 Å². The molecule has 0 aliphatic rings. The summed E-state index contributed by atoms with van der Waals surface area (Å²) in [5.41, 5.74) is 1.55. The highest BCUT2D eigenvalue weighted by atomic mass is 16.5. The Morgan fingerprint density at radius 3 is 2.82 bits per heavy atom. The second-order valence-electron chi connectivity index (χ2n) is 3.47. The van der Waals surface area contributed by atoms with Gasteiger partial charge in [-0.15, -0.1) is 0 Å². The minimum Gasteiger partial charge on any atom is -0.453 e. The average molecular weight is 231 g/mol. The number of hydrogen-bond acceptors (Lipinski definition) is 4. The van der Waals surface area contributed by atoms with Crippen LogP contribution in [0.25, 0.3) is 10.9 Å². The Labute approximate surface area is 98.8 Å². The maximum atomic E-state index is 11.1. The molecule has 0 bridgehead atoms. The topological polar surface area (TPSA) is 63.2 Å². The highest BCUT2D eigenvalue weighted by Crippen LogP contribution is 2.19. The van der Waals surface area contributed by atoms with Crippen LogP contribution in [0, 0.1) is 0 Å². The SMILES string of the molecule is CNc1ccc2cc(NC(=O)OC)ccc2n1. The van der Waals surface area contributed by atoms with Crippen molar-refractivity contribution in [2.24, 2.45) is 0 Å². The second kappa shape index (κ2) is 4.69. The number of carbonyl (C=O) groups excluding carboxylic acids is 1. The molecular weight excluding hydrogens is 218 g/mol. The molecule has 0 aliphatic carbocycles. The molecule has 0 fully saturated rings. The number of ether oxygens (including phenoxy) is 1. The number of amides is 1. The van der Waals surface area contributed by atoms with E-state index in [-0.39, 0.29) is 0 Å². The fraction of sp³-hybridized carbons (Fsp3) is 0.167. The van der Waals surface area contributed by atoms with Gasteiger partial charge in [0.15, 0.2) is 0 Å².